The summed E-state index contributed by atoms with van der Waals surface area (Å²) in [7, 11) is 2.02. The molecule has 1 aromatic carbocycles. The van der Waals surface area contributed by atoms with Gasteiger partial charge in [0, 0.05) is 46.9 Å². The predicted octanol–water partition coefficient (Wildman–Crippen LogP) is 3.77. The molecule has 2 N–H and O–H groups in total. The van der Waals surface area contributed by atoms with Crippen molar-refractivity contribution in [3.05, 3.63) is 52.7 Å². The maximum atomic E-state index is 4.16. The highest BCUT2D eigenvalue weighted by Gasteiger charge is 2.20. The minimum Gasteiger partial charge on any atom is -0.361 e. The summed E-state index contributed by atoms with van der Waals surface area (Å²) in [6.07, 6.45) is 6.81. The van der Waals surface area contributed by atoms with Crippen molar-refractivity contribution in [2.45, 2.75) is 32.4 Å². The number of rotatable bonds is 5. The molecule has 0 saturated carbocycles. The number of aryl methyl sites for hydroxylation is 1. The molecule has 0 fully saturated rings. The van der Waals surface area contributed by atoms with Crippen LogP contribution in [0.25, 0.3) is 10.9 Å². The SMILES string of the molecule is Cn1cncc1CNC(C)(C)Cc1c[nH]c2cccc(Br)c12. The smallest absolute Gasteiger partial charge is 0.0945 e. The molecule has 22 heavy (non-hydrogen) atoms. The Hall–Kier alpha value is -1.59. The van der Waals surface area contributed by atoms with Gasteiger partial charge >= 0.3 is 0 Å². The molecule has 0 spiro atoms. The molecule has 4 nitrogen and oxygen atoms in total. The highest BCUT2D eigenvalue weighted by atomic mass is 79.9. The molecule has 0 saturated heterocycles. The summed E-state index contributed by atoms with van der Waals surface area (Å²) < 4.78 is 3.19. The first-order valence-electron chi connectivity index (χ1n) is 7.41. The third-order valence-corrected chi connectivity index (χ3v) is 4.69. The normalized spacial score (nSPS) is 12.2. The Morgan fingerprint density at radius 3 is 2.91 bits per heavy atom. The molecule has 2 aromatic heterocycles. The van der Waals surface area contributed by atoms with E-state index < -0.39 is 0 Å². The van der Waals surface area contributed by atoms with Crippen LogP contribution in [0, 0.1) is 0 Å². The second kappa shape index (κ2) is 5.89. The molecule has 0 amide bonds. The Morgan fingerprint density at radius 2 is 2.18 bits per heavy atom. The van der Waals surface area contributed by atoms with E-state index in [4.69, 9.17) is 0 Å². The van der Waals surface area contributed by atoms with Gasteiger partial charge in [-0.05, 0) is 38.0 Å². The van der Waals surface area contributed by atoms with Gasteiger partial charge in [0.2, 0.25) is 0 Å². The number of halogens is 1. The average Bonchev–Trinajstić information content (AvgIpc) is 3.04. The Balaban J connectivity index is 1.77. The summed E-state index contributed by atoms with van der Waals surface area (Å²) in [4.78, 5) is 7.52. The number of fused-ring (bicyclic) bond motifs is 1. The lowest BCUT2D eigenvalue weighted by Crippen LogP contribution is -2.41. The topological polar surface area (TPSA) is 45.6 Å². The maximum absolute atomic E-state index is 4.16. The second-order valence-electron chi connectivity index (χ2n) is 6.39. The predicted molar refractivity (Wildman–Crippen MR) is 93.8 cm³/mol. The van der Waals surface area contributed by atoms with Gasteiger partial charge in [-0.1, -0.05) is 22.0 Å². The number of hydrogen-bond donors (Lipinski definition) is 2. The lowest BCUT2D eigenvalue weighted by Gasteiger charge is -2.26. The molecule has 0 aliphatic rings. The number of nitrogens with one attached hydrogen (secondary N) is 2. The summed E-state index contributed by atoms with van der Waals surface area (Å²) >= 11 is 3.66. The molecule has 2 heterocycles. The number of nitrogens with zero attached hydrogens (tertiary/aromatic N) is 2. The molecule has 5 heteroatoms. The van der Waals surface area contributed by atoms with E-state index in [1.165, 1.54) is 22.2 Å². The molecule has 3 aromatic rings. The van der Waals surface area contributed by atoms with Gasteiger partial charge in [-0.3, -0.25) is 0 Å². The number of aromatic nitrogens is 3. The van der Waals surface area contributed by atoms with Crippen molar-refractivity contribution in [2.24, 2.45) is 7.05 Å². The van der Waals surface area contributed by atoms with Crippen LogP contribution >= 0.6 is 15.9 Å². The number of benzene rings is 1. The van der Waals surface area contributed by atoms with E-state index in [-0.39, 0.29) is 5.54 Å². The summed E-state index contributed by atoms with van der Waals surface area (Å²) in [5, 5.41) is 4.91. The van der Waals surface area contributed by atoms with Crippen molar-refractivity contribution in [1.82, 2.24) is 19.9 Å². The van der Waals surface area contributed by atoms with Crippen LogP contribution in [0.4, 0.5) is 0 Å². The third-order valence-electron chi connectivity index (χ3n) is 4.03. The van der Waals surface area contributed by atoms with Crippen LogP contribution in [-0.4, -0.2) is 20.1 Å². The van der Waals surface area contributed by atoms with Crippen LogP contribution in [-0.2, 0) is 20.0 Å². The fourth-order valence-electron chi connectivity index (χ4n) is 2.77. The summed E-state index contributed by atoms with van der Waals surface area (Å²) in [6.45, 7) is 5.28. The second-order valence-corrected chi connectivity index (χ2v) is 7.24. The van der Waals surface area contributed by atoms with Crippen LogP contribution in [0.15, 0.2) is 41.4 Å². The van der Waals surface area contributed by atoms with E-state index in [1.54, 1.807) is 0 Å². The first kappa shape index (κ1) is 15.3. The zero-order valence-corrected chi connectivity index (χ0v) is 14.7. The van der Waals surface area contributed by atoms with Crippen molar-refractivity contribution < 1.29 is 0 Å². The standard InChI is InChI=1S/C17H21BrN4/c1-17(2,21-10-13-9-19-11-22(13)3)7-12-8-20-15-6-4-5-14(18)16(12)15/h4-6,8-9,11,20-21H,7,10H2,1-3H3. The Kier molecular flexibility index (Phi) is 4.10. The molecule has 3 rings (SSSR count). The minimum atomic E-state index is -0.00528. The molecular formula is C17H21BrN4. The van der Waals surface area contributed by atoms with Gasteiger partial charge < -0.3 is 14.9 Å². The third kappa shape index (κ3) is 3.10. The van der Waals surface area contributed by atoms with E-state index in [9.17, 15) is 0 Å². The molecule has 0 aliphatic heterocycles. The minimum absolute atomic E-state index is 0.00528. The molecule has 0 atom stereocenters. The maximum Gasteiger partial charge on any atom is 0.0945 e. The Labute approximate surface area is 139 Å². The fourth-order valence-corrected chi connectivity index (χ4v) is 3.39. The first-order chi connectivity index (χ1) is 10.5. The van der Waals surface area contributed by atoms with E-state index in [2.05, 4.69) is 69.5 Å². The van der Waals surface area contributed by atoms with E-state index in [1.807, 2.05) is 24.1 Å². The lowest BCUT2D eigenvalue weighted by molar-refractivity contribution is 0.380. The van der Waals surface area contributed by atoms with Crippen LogP contribution in [0.1, 0.15) is 25.1 Å². The number of aromatic amines is 1. The van der Waals surface area contributed by atoms with Gasteiger partial charge in [0.15, 0.2) is 0 Å². The van der Waals surface area contributed by atoms with Crippen molar-refractivity contribution >= 4 is 26.8 Å². The first-order valence-corrected chi connectivity index (χ1v) is 8.20. The van der Waals surface area contributed by atoms with Gasteiger partial charge in [-0.25, -0.2) is 4.98 Å². The van der Waals surface area contributed by atoms with Crippen molar-refractivity contribution in [3.8, 4) is 0 Å². The quantitative estimate of drug-likeness (QED) is 0.727. The van der Waals surface area contributed by atoms with Gasteiger partial charge in [-0.15, -0.1) is 0 Å². The monoisotopic (exact) mass is 360 g/mol. The summed E-state index contributed by atoms with van der Waals surface area (Å²) in [5.74, 6) is 0. The molecular weight excluding hydrogens is 340 g/mol. The van der Waals surface area contributed by atoms with Gasteiger partial charge in [-0.2, -0.15) is 0 Å². The lowest BCUT2D eigenvalue weighted by atomic mass is 9.94. The fraction of sp³-hybridized carbons (Fsp3) is 0.353. The van der Waals surface area contributed by atoms with Gasteiger partial charge in [0.25, 0.3) is 0 Å². The number of hydrogen-bond acceptors (Lipinski definition) is 2. The van der Waals surface area contributed by atoms with E-state index in [0.717, 1.165) is 17.4 Å². The summed E-state index contributed by atoms with van der Waals surface area (Å²) in [5.41, 5.74) is 3.68. The van der Waals surface area contributed by atoms with Crippen molar-refractivity contribution in [3.63, 3.8) is 0 Å². The highest BCUT2D eigenvalue weighted by Crippen LogP contribution is 2.29. The van der Waals surface area contributed by atoms with Gasteiger partial charge in [0.1, 0.15) is 0 Å². The van der Waals surface area contributed by atoms with E-state index in [0.29, 0.717) is 0 Å². The molecule has 0 radical (unpaired) electrons. The highest BCUT2D eigenvalue weighted by molar-refractivity contribution is 9.10. The molecule has 0 aliphatic carbocycles. The average molecular weight is 361 g/mol. The number of imidazole rings is 1. The van der Waals surface area contributed by atoms with Crippen molar-refractivity contribution in [1.29, 1.82) is 0 Å². The number of H-pyrrole nitrogens is 1. The Bertz CT molecular complexity index is 785. The Morgan fingerprint density at radius 1 is 1.36 bits per heavy atom. The molecule has 0 bridgehead atoms. The van der Waals surface area contributed by atoms with Gasteiger partial charge in [0.05, 0.1) is 12.0 Å². The molecule has 0 unspecified atom stereocenters. The zero-order chi connectivity index (χ0) is 15.7. The van der Waals surface area contributed by atoms with Crippen LogP contribution < -0.4 is 5.32 Å². The van der Waals surface area contributed by atoms with Crippen LogP contribution in [0.3, 0.4) is 0 Å². The largest absolute Gasteiger partial charge is 0.361 e. The zero-order valence-electron chi connectivity index (χ0n) is 13.2. The summed E-state index contributed by atoms with van der Waals surface area (Å²) in [6, 6.07) is 6.26. The molecule has 116 valence electrons. The van der Waals surface area contributed by atoms with Crippen LogP contribution in [0.5, 0.6) is 0 Å². The van der Waals surface area contributed by atoms with Crippen LogP contribution in [0.2, 0.25) is 0 Å². The van der Waals surface area contributed by atoms with E-state index >= 15 is 0 Å². The van der Waals surface area contributed by atoms with Crippen molar-refractivity contribution in [2.75, 3.05) is 0 Å².